The van der Waals surface area contributed by atoms with E-state index in [-0.39, 0.29) is 30.6 Å². The van der Waals surface area contributed by atoms with Crippen LogP contribution in [0.1, 0.15) is 18.5 Å². The molecule has 1 heterocycles. The maximum atomic E-state index is 12.2. The maximum absolute atomic E-state index is 12.2. The number of aromatic nitrogens is 1. The Morgan fingerprint density at radius 1 is 1.26 bits per heavy atom. The first-order valence-corrected chi connectivity index (χ1v) is 5.71. The molecule has 6 heteroatoms. The molecule has 0 bridgehead atoms. The zero-order valence-electron chi connectivity index (χ0n) is 10.3. The molecule has 1 aromatic heterocycles. The van der Waals surface area contributed by atoms with Crippen LogP contribution in [-0.4, -0.2) is 18.0 Å². The fourth-order valence-electron chi connectivity index (χ4n) is 1.97. The summed E-state index contributed by atoms with van der Waals surface area (Å²) in [5.74, 6) is 0. The number of H-pyrrole nitrogens is 1. The molecular formula is C13H15ClF2N2O. The second-order valence-corrected chi connectivity index (χ2v) is 4.14. The Morgan fingerprint density at radius 3 is 2.53 bits per heavy atom. The van der Waals surface area contributed by atoms with Crippen molar-refractivity contribution in [2.45, 2.75) is 19.4 Å². The highest BCUT2D eigenvalue weighted by Gasteiger charge is 2.12. The third-order valence-corrected chi connectivity index (χ3v) is 2.89. The second-order valence-electron chi connectivity index (χ2n) is 4.14. The summed E-state index contributed by atoms with van der Waals surface area (Å²) in [6, 6.07) is 6.89. The lowest BCUT2D eigenvalue weighted by atomic mass is 10.0. The summed E-state index contributed by atoms with van der Waals surface area (Å²) >= 11 is 0. The summed E-state index contributed by atoms with van der Waals surface area (Å²) in [6.45, 7) is 1.43. The number of rotatable bonds is 4. The molecule has 0 aliphatic carbocycles. The Bertz CT molecular complexity index is 600. The van der Waals surface area contributed by atoms with Gasteiger partial charge < -0.3 is 10.3 Å². The molecule has 1 aromatic carbocycles. The largest absolute Gasteiger partial charge is 0.328 e. The van der Waals surface area contributed by atoms with Crippen LogP contribution in [0.25, 0.3) is 10.8 Å². The van der Waals surface area contributed by atoms with Crippen molar-refractivity contribution in [1.29, 1.82) is 0 Å². The van der Waals surface area contributed by atoms with Crippen LogP contribution < -0.4 is 10.9 Å². The van der Waals surface area contributed by atoms with Gasteiger partial charge in [0.15, 0.2) is 0 Å². The monoisotopic (exact) mass is 288 g/mol. The molecule has 0 amide bonds. The van der Waals surface area contributed by atoms with Gasteiger partial charge in [0, 0.05) is 17.6 Å². The third-order valence-electron chi connectivity index (χ3n) is 2.89. The molecular weight excluding hydrogens is 274 g/mol. The van der Waals surface area contributed by atoms with E-state index in [1.165, 1.54) is 0 Å². The van der Waals surface area contributed by atoms with Gasteiger partial charge in [-0.1, -0.05) is 18.2 Å². The van der Waals surface area contributed by atoms with E-state index in [9.17, 15) is 13.6 Å². The van der Waals surface area contributed by atoms with E-state index in [1.54, 1.807) is 25.3 Å². The van der Waals surface area contributed by atoms with E-state index in [2.05, 4.69) is 10.3 Å². The number of fused-ring (bicyclic) bond motifs is 1. The average Bonchev–Trinajstić information content (AvgIpc) is 2.37. The van der Waals surface area contributed by atoms with Crippen molar-refractivity contribution in [3.8, 4) is 0 Å². The molecule has 2 rings (SSSR count). The normalized spacial score (nSPS) is 12.4. The molecule has 2 aromatic rings. The molecule has 1 atom stereocenters. The summed E-state index contributed by atoms with van der Waals surface area (Å²) < 4.78 is 24.3. The quantitative estimate of drug-likeness (QED) is 0.909. The minimum atomic E-state index is -2.39. The SMILES string of the molecule is C[C@@H](NCC(F)F)c1c[nH]c(=O)c2ccccc12.Cl. The van der Waals surface area contributed by atoms with Crippen molar-refractivity contribution in [3.63, 3.8) is 0 Å². The highest BCUT2D eigenvalue weighted by atomic mass is 35.5. The van der Waals surface area contributed by atoms with Crippen molar-refractivity contribution in [1.82, 2.24) is 10.3 Å². The zero-order valence-corrected chi connectivity index (χ0v) is 11.1. The summed E-state index contributed by atoms with van der Waals surface area (Å²) in [6.07, 6.45) is -0.810. The van der Waals surface area contributed by atoms with Crippen molar-refractivity contribution >= 4 is 23.2 Å². The Labute approximate surface area is 115 Å². The average molecular weight is 289 g/mol. The lowest BCUT2D eigenvalue weighted by Gasteiger charge is -2.15. The molecule has 0 aliphatic heterocycles. The van der Waals surface area contributed by atoms with Crippen LogP contribution in [0.2, 0.25) is 0 Å². The Balaban J connectivity index is 0.00000180. The number of hydrogen-bond donors (Lipinski definition) is 2. The van der Waals surface area contributed by atoms with Crippen LogP contribution >= 0.6 is 12.4 Å². The minimum Gasteiger partial charge on any atom is -0.328 e. The molecule has 0 saturated heterocycles. The van der Waals surface area contributed by atoms with Gasteiger partial charge >= 0.3 is 0 Å². The van der Waals surface area contributed by atoms with Crippen molar-refractivity contribution in [2.24, 2.45) is 0 Å². The van der Waals surface area contributed by atoms with Crippen LogP contribution in [0, 0.1) is 0 Å². The first-order valence-electron chi connectivity index (χ1n) is 5.71. The van der Waals surface area contributed by atoms with Crippen LogP contribution in [0.4, 0.5) is 8.78 Å². The highest BCUT2D eigenvalue weighted by Crippen LogP contribution is 2.20. The van der Waals surface area contributed by atoms with Crippen molar-refractivity contribution in [3.05, 3.63) is 46.4 Å². The minimum absolute atomic E-state index is 0. The number of nitrogens with one attached hydrogen (secondary N) is 2. The lowest BCUT2D eigenvalue weighted by Crippen LogP contribution is -2.25. The molecule has 0 saturated carbocycles. The number of pyridine rings is 1. The summed E-state index contributed by atoms with van der Waals surface area (Å²) in [7, 11) is 0. The van der Waals surface area contributed by atoms with Gasteiger partial charge in [0.2, 0.25) is 0 Å². The van der Waals surface area contributed by atoms with Crippen LogP contribution in [0.15, 0.2) is 35.3 Å². The maximum Gasteiger partial charge on any atom is 0.255 e. The van der Waals surface area contributed by atoms with Gasteiger partial charge in [-0.2, -0.15) is 0 Å². The van der Waals surface area contributed by atoms with Gasteiger partial charge in [0.1, 0.15) is 0 Å². The van der Waals surface area contributed by atoms with E-state index in [0.29, 0.717) is 5.39 Å². The Morgan fingerprint density at radius 2 is 1.89 bits per heavy atom. The summed E-state index contributed by atoms with van der Waals surface area (Å²) in [5, 5.41) is 4.10. The summed E-state index contributed by atoms with van der Waals surface area (Å²) in [4.78, 5) is 14.3. The molecule has 3 nitrogen and oxygen atoms in total. The van der Waals surface area contributed by atoms with Gasteiger partial charge in [-0.3, -0.25) is 4.79 Å². The number of benzene rings is 1. The van der Waals surface area contributed by atoms with Crippen molar-refractivity contribution < 1.29 is 8.78 Å². The topological polar surface area (TPSA) is 44.9 Å². The van der Waals surface area contributed by atoms with Gasteiger partial charge in [0.05, 0.1) is 6.54 Å². The van der Waals surface area contributed by atoms with Gasteiger partial charge in [0.25, 0.3) is 12.0 Å². The fourth-order valence-corrected chi connectivity index (χ4v) is 1.97. The molecule has 0 radical (unpaired) electrons. The van der Waals surface area contributed by atoms with Gasteiger partial charge in [-0.05, 0) is 23.9 Å². The Hall–Kier alpha value is -1.46. The predicted octanol–water partition coefficient (Wildman–Crippen LogP) is 2.87. The van der Waals surface area contributed by atoms with E-state index in [4.69, 9.17) is 0 Å². The molecule has 0 spiro atoms. The second kappa shape index (κ2) is 6.63. The molecule has 0 aliphatic rings. The van der Waals surface area contributed by atoms with Crippen molar-refractivity contribution in [2.75, 3.05) is 6.54 Å². The van der Waals surface area contributed by atoms with E-state index >= 15 is 0 Å². The lowest BCUT2D eigenvalue weighted by molar-refractivity contribution is 0.142. The fraction of sp³-hybridized carbons (Fsp3) is 0.308. The van der Waals surface area contributed by atoms with E-state index < -0.39 is 6.43 Å². The standard InChI is InChI=1S/C13H14F2N2O.ClH/c1-8(16-7-12(14)15)11-6-17-13(18)10-5-3-2-4-9(10)11;/h2-6,8,12,16H,7H2,1H3,(H,17,18);1H/t8-;/m1./s1. The predicted molar refractivity (Wildman–Crippen MR) is 74.2 cm³/mol. The van der Waals surface area contributed by atoms with Gasteiger partial charge in [-0.25, -0.2) is 8.78 Å². The molecule has 0 unspecified atom stereocenters. The summed E-state index contributed by atoms with van der Waals surface area (Å²) in [5.41, 5.74) is 0.640. The number of alkyl halides is 2. The van der Waals surface area contributed by atoms with Gasteiger partial charge in [-0.15, -0.1) is 12.4 Å². The van der Waals surface area contributed by atoms with E-state index in [0.717, 1.165) is 10.9 Å². The first kappa shape index (κ1) is 15.6. The molecule has 2 N–H and O–H groups in total. The number of hydrogen-bond acceptors (Lipinski definition) is 2. The number of halogens is 3. The molecule has 0 fully saturated rings. The first-order chi connectivity index (χ1) is 8.59. The zero-order chi connectivity index (χ0) is 13.1. The smallest absolute Gasteiger partial charge is 0.255 e. The Kier molecular flexibility index (Phi) is 5.44. The van der Waals surface area contributed by atoms with Crippen LogP contribution in [-0.2, 0) is 0 Å². The van der Waals surface area contributed by atoms with Crippen LogP contribution in [0.5, 0.6) is 0 Å². The molecule has 19 heavy (non-hydrogen) atoms. The van der Waals surface area contributed by atoms with Crippen LogP contribution in [0.3, 0.4) is 0 Å². The van der Waals surface area contributed by atoms with E-state index in [1.807, 2.05) is 12.1 Å². The molecule has 104 valence electrons. The number of aromatic amines is 1. The third kappa shape index (κ3) is 3.52. The highest BCUT2D eigenvalue weighted by molar-refractivity contribution is 5.85.